The van der Waals surface area contributed by atoms with Gasteiger partial charge in [-0.25, -0.2) is 0 Å². The molecular formula is C13H20BrNS. The molecule has 0 amide bonds. The van der Waals surface area contributed by atoms with Crippen LogP contribution in [0, 0.1) is 5.92 Å². The van der Waals surface area contributed by atoms with Crippen molar-refractivity contribution in [3.8, 4) is 0 Å². The number of hydrogen-bond acceptors (Lipinski definition) is 2. The summed E-state index contributed by atoms with van der Waals surface area (Å²) in [5, 5.41) is 5.84. The van der Waals surface area contributed by atoms with Crippen molar-refractivity contribution in [3.05, 3.63) is 20.8 Å². The Morgan fingerprint density at radius 1 is 1.44 bits per heavy atom. The molecule has 1 heterocycles. The second-order valence-electron chi connectivity index (χ2n) is 4.60. The van der Waals surface area contributed by atoms with Crippen LogP contribution < -0.4 is 5.32 Å². The zero-order valence-corrected chi connectivity index (χ0v) is 12.2. The van der Waals surface area contributed by atoms with Crippen LogP contribution >= 0.6 is 27.3 Å². The third kappa shape index (κ3) is 3.08. The lowest BCUT2D eigenvalue weighted by atomic mass is 9.82. The van der Waals surface area contributed by atoms with Crippen LogP contribution in [0.3, 0.4) is 0 Å². The largest absolute Gasteiger partial charge is 0.314 e. The molecule has 16 heavy (non-hydrogen) atoms. The topological polar surface area (TPSA) is 12.0 Å². The number of halogens is 1. The summed E-state index contributed by atoms with van der Waals surface area (Å²) < 4.78 is 1.30. The van der Waals surface area contributed by atoms with Crippen molar-refractivity contribution in [2.45, 2.75) is 45.1 Å². The highest BCUT2D eigenvalue weighted by Gasteiger charge is 2.25. The average molecular weight is 302 g/mol. The quantitative estimate of drug-likeness (QED) is 0.878. The van der Waals surface area contributed by atoms with E-state index in [0.29, 0.717) is 0 Å². The van der Waals surface area contributed by atoms with Crippen LogP contribution in [0.5, 0.6) is 0 Å². The molecule has 2 atom stereocenters. The van der Waals surface area contributed by atoms with Gasteiger partial charge in [0.05, 0.1) is 0 Å². The molecule has 2 rings (SSSR count). The molecular weight excluding hydrogens is 282 g/mol. The van der Waals surface area contributed by atoms with Gasteiger partial charge in [0.15, 0.2) is 0 Å². The predicted octanol–water partition coefficient (Wildman–Crippen LogP) is 4.22. The van der Waals surface area contributed by atoms with Crippen LogP contribution in [-0.4, -0.2) is 12.6 Å². The Bertz CT molecular complexity index is 321. The van der Waals surface area contributed by atoms with E-state index < -0.39 is 0 Å². The molecule has 2 unspecified atom stereocenters. The highest BCUT2D eigenvalue weighted by Crippen LogP contribution is 2.32. The van der Waals surface area contributed by atoms with Gasteiger partial charge in [-0.15, -0.1) is 11.3 Å². The molecule has 1 nitrogen and oxygen atoms in total. The Balaban J connectivity index is 1.98. The van der Waals surface area contributed by atoms with Gasteiger partial charge in [-0.1, -0.05) is 19.8 Å². The minimum atomic E-state index is 0.743. The van der Waals surface area contributed by atoms with Crippen molar-refractivity contribution in [2.24, 2.45) is 5.92 Å². The van der Waals surface area contributed by atoms with Gasteiger partial charge in [0.2, 0.25) is 0 Å². The zero-order valence-electron chi connectivity index (χ0n) is 9.84. The third-order valence-corrected chi connectivity index (χ3v) is 5.46. The smallest absolute Gasteiger partial charge is 0.0314 e. The van der Waals surface area contributed by atoms with E-state index >= 15 is 0 Å². The molecule has 0 bridgehead atoms. The Labute approximate surface area is 111 Å². The summed E-state index contributed by atoms with van der Waals surface area (Å²) in [6.45, 7) is 3.32. The van der Waals surface area contributed by atoms with Gasteiger partial charge in [0, 0.05) is 15.4 Å². The highest BCUT2D eigenvalue weighted by molar-refractivity contribution is 9.10. The van der Waals surface area contributed by atoms with Gasteiger partial charge in [0.25, 0.3) is 0 Å². The summed E-state index contributed by atoms with van der Waals surface area (Å²) in [7, 11) is 0. The van der Waals surface area contributed by atoms with Gasteiger partial charge in [-0.3, -0.25) is 0 Å². The summed E-state index contributed by atoms with van der Waals surface area (Å²) in [6.07, 6.45) is 6.81. The first-order chi connectivity index (χ1) is 7.81. The van der Waals surface area contributed by atoms with Gasteiger partial charge in [-0.2, -0.15) is 0 Å². The molecule has 0 spiro atoms. The zero-order chi connectivity index (χ0) is 11.4. The highest BCUT2D eigenvalue weighted by atomic mass is 79.9. The minimum Gasteiger partial charge on any atom is -0.314 e. The molecule has 1 N–H and O–H groups in total. The molecule has 0 aromatic carbocycles. The van der Waals surface area contributed by atoms with Crippen molar-refractivity contribution >= 4 is 27.3 Å². The minimum absolute atomic E-state index is 0.743. The van der Waals surface area contributed by atoms with E-state index in [0.717, 1.165) is 18.5 Å². The second kappa shape index (κ2) is 6.18. The monoisotopic (exact) mass is 301 g/mol. The molecule has 1 fully saturated rings. The Hall–Kier alpha value is 0.140. The van der Waals surface area contributed by atoms with E-state index in [4.69, 9.17) is 0 Å². The molecule has 0 aliphatic heterocycles. The Morgan fingerprint density at radius 3 is 2.94 bits per heavy atom. The van der Waals surface area contributed by atoms with Gasteiger partial charge >= 0.3 is 0 Å². The maximum absolute atomic E-state index is 3.66. The van der Waals surface area contributed by atoms with E-state index in [1.165, 1.54) is 41.5 Å². The summed E-state index contributed by atoms with van der Waals surface area (Å²) in [5.41, 5.74) is 0. The molecule has 3 heteroatoms. The van der Waals surface area contributed by atoms with E-state index in [-0.39, 0.29) is 0 Å². The summed E-state index contributed by atoms with van der Waals surface area (Å²) in [4.78, 5) is 1.52. The standard InChI is InChI=1S/C13H20BrNS/c1-2-15-12-6-4-3-5-10(12)9-13-11(14)7-8-16-13/h7-8,10,12,15H,2-6,9H2,1H3. The predicted molar refractivity (Wildman–Crippen MR) is 75.1 cm³/mol. The maximum atomic E-state index is 3.66. The summed E-state index contributed by atoms with van der Waals surface area (Å²) in [5.74, 6) is 0.837. The van der Waals surface area contributed by atoms with Crippen molar-refractivity contribution in [1.29, 1.82) is 0 Å². The summed E-state index contributed by atoms with van der Waals surface area (Å²) >= 11 is 5.53. The Morgan fingerprint density at radius 2 is 2.25 bits per heavy atom. The molecule has 1 saturated carbocycles. The van der Waals surface area contributed by atoms with Gasteiger partial charge in [0.1, 0.15) is 0 Å². The number of thiophene rings is 1. The average Bonchev–Trinajstić information content (AvgIpc) is 2.68. The number of rotatable bonds is 4. The first-order valence-electron chi connectivity index (χ1n) is 6.26. The summed E-state index contributed by atoms with van der Waals surface area (Å²) in [6, 6.07) is 2.91. The molecule has 1 aromatic rings. The van der Waals surface area contributed by atoms with E-state index in [9.17, 15) is 0 Å². The van der Waals surface area contributed by atoms with Gasteiger partial charge in [-0.05, 0) is 59.1 Å². The van der Waals surface area contributed by atoms with E-state index in [1.54, 1.807) is 0 Å². The molecule has 0 saturated heterocycles. The first kappa shape index (κ1) is 12.6. The van der Waals surface area contributed by atoms with Crippen molar-refractivity contribution in [3.63, 3.8) is 0 Å². The molecule has 90 valence electrons. The first-order valence-corrected chi connectivity index (χ1v) is 7.93. The lowest BCUT2D eigenvalue weighted by molar-refractivity contribution is 0.265. The molecule has 0 radical (unpaired) electrons. The van der Waals surface area contributed by atoms with Crippen LogP contribution in [0.25, 0.3) is 0 Å². The van der Waals surface area contributed by atoms with Crippen LogP contribution in [0.1, 0.15) is 37.5 Å². The van der Waals surface area contributed by atoms with Crippen molar-refractivity contribution in [2.75, 3.05) is 6.54 Å². The van der Waals surface area contributed by atoms with Crippen molar-refractivity contribution in [1.82, 2.24) is 5.32 Å². The van der Waals surface area contributed by atoms with Crippen LogP contribution in [0.15, 0.2) is 15.9 Å². The third-order valence-electron chi connectivity index (χ3n) is 3.51. The number of nitrogens with one attached hydrogen (secondary N) is 1. The molecule has 1 aliphatic rings. The molecule has 1 aromatic heterocycles. The van der Waals surface area contributed by atoms with Crippen LogP contribution in [0.4, 0.5) is 0 Å². The lowest BCUT2D eigenvalue weighted by Gasteiger charge is -2.32. The fourth-order valence-corrected chi connectivity index (χ4v) is 4.30. The molecule has 1 aliphatic carbocycles. The fraction of sp³-hybridized carbons (Fsp3) is 0.692. The van der Waals surface area contributed by atoms with E-state index in [1.807, 2.05) is 11.3 Å². The lowest BCUT2D eigenvalue weighted by Crippen LogP contribution is -2.39. The van der Waals surface area contributed by atoms with Crippen LogP contribution in [0.2, 0.25) is 0 Å². The Kier molecular flexibility index (Phi) is 4.86. The van der Waals surface area contributed by atoms with Crippen LogP contribution in [-0.2, 0) is 6.42 Å². The maximum Gasteiger partial charge on any atom is 0.0314 e. The fourth-order valence-electron chi connectivity index (χ4n) is 2.69. The normalized spacial score (nSPS) is 25.9. The van der Waals surface area contributed by atoms with E-state index in [2.05, 4.69) is 39.6 Å². The second-order valence-corrected chi connectivity index (χ2v) is 6.46. The van der Waals surface area contributed by atoms with Gasteiger partial charge < -0.3 is 5.32 Å². The number of hydrogen-bond donors (Lipinski definition) is 1. The SMILES string of the molecule is CCNC1CCCCC1Cc1sccc1Br. The van der Waals surface area contributed by atoms with Crippen molar-refractivity contribution < 1.29 is 0 Å².